The SMILES string of the molecule is C=N/C(=N\C(=N/Cc1cccc(-c2cc(-c3ccccc3)cc(-c3ccccc3)c2)c1)c1ccc(-c2cccc3c2sc2ccccc23)cc1)C1(C)C=CC(c2ccccc2)=CC1. The second kappa shape index (κ2) is 17.4. The molecular formula is C59H45N3S. The Morgan fingerprint density at radius 1 is 0.556 bits per heavy atom. The third kappa shape index (κ3) is 8.29. The van der Waals surface area contributed by atoms with Gasteiger partial charge in [-0.1, -0.05) is 188 Å². The number of fused-ring (bicyclic) bond motifs is 3. The van der Waals surface area contributed by atoms with E-state index in [-0.39, 0.29) is 0 Å². The summed E-state index contributed by atoms with van der Waals surface area (Å²) >= 11 is 1.85. The fraction of sp³-hybridized carbons (Fsp3) is 0.0678. The van der Waals surface area contributed by atoms with Crippen LogP contribution in [-0.4, -0.2) is 18.4 Å². The molecule has 0 radical (unpaired) electrons. The quantitative estimate of drug-likeness (QED) is 0.103. The summed E-state index contributed by atoms with van der Waals surface area (Å²) in [6, 6.07) is 71.2. The largest absolute Gasteiger partial charge is 0.261 e. The van der Waals surface area contributed by atoms with E-state index in [0.717, 1.165) is 34.2 Å². The molecule has 1 atom stereocenters. The standard InChI is InChI=1S/C59H45N3S/c1-59(34-32-45(33-35-59)42-17-6-3-7-18-42)58(60-2)62-57(47-30-28-46(29-31-47)52-25-15-26-54-53-24-12-13-27-55(53)63-56(52)54)61-40-41-16-14-23-48(36-41)51-38-49(43-19-8-4-9-20-43)37-50(39-51)44-21-10-5-11-22-44/h3-34,36-39H,2,35,40H2,1H3/b61-57-,62-58-. The van der Waals surface area contributed by atoms with E-state index in [2.05, 4.69) is 231 Å². The second-order valence-electron chi connectivity index (χ2n) is 16.3. The predicted octanol–water partition coefficient (Wildman–Crippen LogP) is 15.8. The molecule has 1 aromatic heterocycles. The minimum absolute atomic E-state index is 0.439. The van der Waals surface area contributed by atoms with Crippen molar-refractivity contribution in [3.63, 3.8) is 0 Å². The van der Waals surface area contributed by atoms with Crippen molar-refractivity contribution < 1.29 is 0 Å². The maximum atomic E-state index is 5.29. The van der Waals surface area contributed by atoms with Crippen molar-refractivity contribution in [1.82, 2.24) is 0 Å². The average molecular weight is 828 g/mol. The average Bonchev–Trinajstić information content (AvgIpc) is 3.74. The lowest BCUT2D eigenvalue weighted by Gasteiger charge is -2.27. The highest BCUT2D eigenvalue weighted by molar-refractivity contribution is 7.26. The number of nitrogens with zero attached hydrogens (tertiary/aromatic N) is 3. The molecule has 0 amide bonds. The summed E-state index contributed by atoms with van der Waals surface area (Å²) in [4.78, 5) is 15.2. The summed E-state index contributed by atoms with van der Waals surface area (Å²) in [6.45, 7) is 6.66. The van der Waals surface area contributed by atoms with E-state index in [1.165, 1.54) is 59.1 Å². The first-order valence-electron chi connectivity index (χ1n) is 21.4. The number of benzene rings is 8. The third-order valence-electron chi connectivity index (χ3n) is 12.0. The van der Waals surface area contributed by atoms with Gasteiger partial charge in [0.05, 0.1) is 6.54 Å². The molecule has 4 heteroatoms. The molecular weight excluding hydrogens is 783 g/mol. The summed E-state index contributed by atoms with van der Waals surface area (Å²) in [7, 11) is 0. The van der Waals surface area contributed by atoms with Crippen LogP contribution in [0.5, 0.6) is 0 Å². The van der Waals surface area contributed by atoms with Crippen LogP contribution in [0, 0.1) is 5.41 Å². The molecule has 10 rings (SSSR count). The molecule has 9 aromatic rings. The van der Waals surface area contributed by atoms with Crippen LogP contribution in [0.3, 0.4) is 0 Å². The van der Waals surface area contributed by atoms with E-state index in [9.17, 15) is 0 Å². The molecule has 63 heavy (non-hydrogen) atoms. The Bertz CT molecular complexity index is 3170. The minimum atomic E-state index is -0.461. The summed E-state index contributed by atoms with van der Waals surface area (Å²) in [5.74, 6) is 1.26. The van der Waals surface area contributed by atoms with Gasteiger partial charge in [0, 0.05) is 31.2 Å². The fourth-order valence-corrected chi connectivity index (χ4v) is 9.79. The number of hydrogen-bond acceptors (Lipinski definition) is 2. The van der Waals surface area contributed by atoms with E-state index in [1.807, 2.05) is 17.4 Å². The molecule has 0 N–H and O–H groups in total. The number of hydrogen-bond donors (Lipinski definition) is 0. The van der Waals surface area contributed by atoms with Gasteiger partial charge in [0.25, 0.3) is 0 Å². The molecule has 3 nitrogen and oxygen atoms in total. The van der Waals surface area contributed by atoms with Crippen LogP contribution in [0.4, 0.5) is 0 Å². The van der Waals surface area contributed by atoms with Crippen LogP contribution in [0.2, 0.25) is 0 Å². The topological polar surface area (TPSA) is 37.1 Å². The van der Waals surface area contributed by atoms with E-state index in [4.69, 9.17) is 9.98 Å². The number of aliphatic imine (C=N–C) groups is 3. The van der Waals surface area contributed by atoms with Gasteiger partial charge in [-0.2, -0.15) is 0 Å². The van der Waals surface area contributed by atoms with Crippen molar-refractivity contribution >= 4 is 55.5 Å². The first-order chi connectivity index (χ1) is 31.0. The molecule has 1 unspecified atom stereocenters. The van der Waals surface area contributed by atoms with Crippen molar-refractivity contribution in [2.75, 3.05) is 0 Å². The Balaban J connectivity index is 1.02. The summed E-state index contributed by atoms with van der Waals surface area (Å²) in [6.07, 6.45) is 7.41. The smallest absolute Gasteiger partial charge is 0.157 e. The Morgan fingerprint density at radius 3 is 1.79 bits per heavy atom. The zero-order valence-electron chi connectivity index (χ0n) is 35.2. The van der Waals surface area contributed by atoms with E-state index < -0.39 is 5.41 Å². The van der Waals surface area contributed by atoms with Gasteiger partial charge < -0.3 is 0 Å². The predicted molar refractivity (Wildman–Crippen MR) is 271 cm³/mol. The molecule has 0 saturated carbocycles. The normalized spacial score (nSPS) is 15.4. The molecule has 0 saturated heterocycles. The number of allylic oxidation sites excluding steroid dienone is 3. The van der Waals surface area contributed by atoms with E-state index in [0.29, 0.717) is 18.2 Å². The molecule has 0 bridgehead atoms. The zero-order valence-corrected chi connectivity index (χ0v) is 36.0. The van der Waals surface area contributed by atoms with Crippen LogP contribution in [0.15, 0.2) is 233 Å². The van der Waals surface area contributed by atoms with Crippen LogP contribution in [-0.2, 0) is 6.54 Å². The first kappa shape index (κ1) is 39.6. The number of rotatable bonds is 9. The number of amidine groups is 2. The monoisotopic (exact) mass is 827 g/mol. The first-order valence-corrected chi connectivity index (χ1v) is 22.2. The van der Waals surface area contributed by atoms with Crippen molar-refractivity contribution in [3.05, 3.63) is 235 Å². The number of thiophene rings is 1. The van der Waals surface area contributed by atoms with E-state index >= 15 is 0 Å². The Hall–Kier alpha value is -7.53. The maximum Gasteiger partial charge on any atom is 0.157 e. The van der Waals surface area contributed by atoms with Gasteiger partial charge in [0.2, 0.25) is 0 Å². The summed E-state index contributed by atoms with van der Waals surface area (Å²) in [5.41, 5.74) is 13.3. The van der Waals surface area contributed by atoms with Gasteiger partial charge >= 0.3 is 0 Å². The Morgan fingerprint density at radius 2 is 1.14 bits per heavy atom. The van der Waals surface area contributed by atoms with Crippen LogP contribution in [0.1, 0.15) is 30.0 Å². The molecule has 1 heterocycles. The zero-order chi connectivity index (χ0) is 42.6. The highest BCUT2D eigenvalue weighted by atomic mass is 32.1. The van der Waals surface area contributed by atoms with Gasteiger partial charge in [-0.25, -0.2) is 9.98 Å². The highest BCUT2D eigenvalue weighted by Crippen LogP contribution is 2.40. The summed E-state index contributed by atoms with van der Waals surface area (Å²) in [5, 5.41) is 2.58. The summed E-state index contributed by atoms with van der Waals surface area (Å²) < 4.78 is 2.59. The minimum Gasteiger partial charge on any atom is -0.261 e. The lowest BCUT2D eigenvalue weighted by Crippen LogP contribution is -2.26. The van der Waals surface area contributed by atoms with Crippen LogP contribution < -0.4 is 0 Å². The van der Waals surface area contributed by atoms with Crippen molar-refractivity contribution in [3.8, 4) is 44.5 Å². The molecule has 0 fully saturated rings. The van der Waals surface area contributed by atoms with Crippen molar-refractivity contribution in [1.29, 1.82) is 0 Å². The lowest BCUT2D eigenvalue weighted by atomic mass is 9.79. The Labute approximate surface area is 373 Å². The highest BCUT2D eigenvalue weighted by Gasteiger charge is 2.30. The van der Waals surface area contributed by atoms with Crippen molar-refractivity contribution in [2.24, 2.45) is 20.4 Å². The fourth-order valence-electron chi connectivity index (χ4n) is 8.56. The lowest BCUT2D eigenvalue weighted by molar-refractivity contribution is 0.598. The molecule has 0 spiro atoms. The van der Waals surface area contributed by atoms with Crippen LogP contribution in [0.25, 0.3) is 70.3 Å². The third-order valence-corrected chi connectivity index (χ3v) is 13.3. The molecule has 1 aliphatic carbocycles. The maximum absolute atomic E-state index is 5.29. The van der Waals surface area contributed by atoms with Gasteiger partial charge in [0.1, 0.15) is 5.84 Å². The van der Waals surface area contributed by atoms with Gasteiger partial charge in [-0.15, -0.1) is 11.3 Å². The van der Waals surface area contributed by atoms with Crippen LogP contribution >= 0.6 is 11.3 Å². The molecule has 302 valence electrons. The Kier molecular flexibility index (Phi) is 11.0. The van der Waals surface area contributed by atoms with E-state index in [1.54, 1.807) is 0 Å². The van der Waals surface area contributed by atoms with Gasteiger partial charge in [0.15, 0.2) is 5.84 Å². The van der Waals surface area contributed by atoms with Gasteiger partial charge in [-0.3, -0.25) is 4.99 Å². The molecule has 8 aromatic carbocycles. The second-order valence-corrected chi connectivity index (χ2v) is 17.4. The molecule has 1 aliphatic rings. The van der Waals surface area contributed by atoms with Gasteiger partial charge in [-0.05, 0) is 112 Å². The molecule has 0 aliphatic heterocycles. The van der Waals surface area contributed by atoms with Crippen molar-refractivity contribution in [2.45, 2.75) is 19.9 Å².